The SMILES string of the molecule is CCCCCCCC(=O)OCC(CCCC(=O)O)COC=O. The van der Waals surface area contributed by atoms with Gasteiger partial charge in [-0.15, -0.1) is 0 Å². The number of carboxylic acid groups (broad SMARTS) is 1. The van der Waals surface area contributed by atoms with Crippen LogP contribution < -0.4 is 0 Å². The predicted molar refractivity (Wildman–Crippen MR) is 81.3 cm³/mol. The van der Waals surface area contributed by atoms with E-state index in [0.29, 0.717) is 25.7 Å². The molecular formula is C16H28O6. The molecule has 0 amide bonds. The predicted octanol–water partition coefficient (Wildman–Crippen LogP) is 2.93. The van der Waals surface area contributed by atoms with Gasteiger partial charge in [0.15, 0.2) is 0 Å². The lowest BCUT2D eigenvalue weighted by Crippen LogP contribution is -2.19. The fourth-order valence-electron chi connectivity index (χ4n) is 2.09. The highest BCUT2D eigenvalue weighted by molar-refractivity contribution is 5.69. The average Bonchev–Trinajstić information content (AvgIpc) is 2.48. The third kappa shape index (κ3) is 13.4. The highest BCUT2D eigenvalue weighted by Gasteiger charge is 2.13. The van der Waals surface area contributed by atoms with Crippen molar-refractivity contribution in [2.24, 2.45) is 5.92 Å². The molecule has 0 aromatic carbocycles. The summed E-state index contributed by atoms with van der Waals surface area (Å²) in [7, 11) is 0. The Morgan fingerprint density at radius 2 is 1.77 bits per heavy atom. The maximum atomic E-state index is 11.6. The first-order chi connectivity index (χ1) is 10.6. The van der Waals surface area contributed by atoms with Gasteiger partial charge < -0.3 is 14.6 Å². The number of aliphatic carboxylic acids is 1. The third-order valence-electron chi connectivity index (χ3n) is 3.37. The molecule has 0 fully saturated rings. The number of ether oxygens (including phenoxy) is 2. The van der Waals surface area contributed by atoms with Crippen LogP contribution in [0.15, 0.2) is 0 Å². The van der Waals surface area contributed by atoms with Crippen LogP contribution in [0.4, 0.5) is 0 Å². The lowest BCUT2D eigenvalue weighted by Gasteiger charge is -2.15. The molecule has 0 bridgehead atoms. The lowest BCUT2D eigenvalue weighted by molar-refractivity contribution is -0.146. The van der Waals surface area contributed by atoms with E-state index in [0.717, 1.165) is 19.3 Å². The zero-order valence-electron chi connectivity index (χ0n) is 13.4. The Bertz CT molecular complexity index is 316. The molecule has 0 rings (SSSR count). The molecule has 1 N–H and O–H groups in total. The summed E-state index contributed by atoms with van der Waals surface area (Å²) in [5.41, 5.74) is 0. The molecule has 6 nitrogen and oxygen atoms in total. The van der Waals surface area contributed by atoms with Gasteiger partial charge in [0, 0.05) is 18.8 Å². The number of esters is 1. The number of rotatable bonds is 15. The Morgan fingerprint density at radius 1 is 1.05 bits per heavy atom. The molecule has 6 heteroatoms. The van der Waals surface area contributed by atoms with Crippen LogP contribution in [0.1, 0.15) is 64.7 Å². The van der Waals surface area contributed by atoms with E-state index in [1.807, 2.05) is 0 Å². The first kappa shape index (κ1) is 20.4. The van der Waals surface area contributed by atoms with Gasteiger partial charge in [-0.25, -0.2) is 0 Å². The molecule has 128 valence electrons. The quantitative estimate of drug-likeness (QED) is 0.284. The van der Waals surface area contributed by atoms with Crippen molar-refractivity contribution in [1.82, 2.24) is 0 Å². The van der Waals surface area contributed by atoms with E-state index in [1.54, 1.807) is 0 Å². The summed E-state index contributed by atoms with van der Waals surface area (Å²) in [6.45, 7) is 2.80. The molecule has 0 aliphatic heterocycles. The fourth-order valence-corrected chi connectivity index (χ4v) is 2.09. The zero-order valence-corrected chi connectivity index (χ0v) is 13.4. The molecule has 0 saturated heterocycles. The molecule has 0 aliphatic rings. The third-order valence-corrected chi connectivity index (χ3v) is 3.37. The topological polar surface area (TPSA) is 89.9 Å². The molecule has 1 atom stereocenters. The minimum absolute atomic E-state index is 0.0585. The molecule has 1 unspecified atom stereocenters. The number of carboxylic acids is 1. The second-order valence-corrected chi connectivity index (χ2v) is 5.43. The molecule has 0 heterocycles. The van der Waals surface area contributed by atoms with Crippen molar-refractivity contribution in [3.63, 3.8) is 0 Å². The highest BCUT2D eigenvalue weighted by atomic mass is 16.5. The summed E-state index contributed by atoms with van der Waals surface area (Å²) in [6.07, 6.45) is 6.81. The fraction of sp³-hybridized carbons (Fsp3) is 0.812. The Labute approximate surface area is 132 Å². The van der Waals surface area contributed by atoms with Crippen molar-refractivity contribution in [3.05, 3.63) is 0 Å². The number of carbonyl (C=O) groups is 3. The second kappa shape index (κ2) is 14.4. The Balaban J connectivity index is 3.85. The average molecular weight is 316 g/mol. The maximum absolute atomic E-state index is 11.6. The van der Waals surface area contributed by atoms with Gasteiger partial charge in [0.2, 0.25) is 0 Å². The zero-order chi connectivity index (χ0) is 16.6. The first-order valence-corrected chi connectivity index (χ1v) is 8.02. The van der Waals surface area contributed by atoms with Crippen LogP contribution >= 0.6 is 0 Å². The van der Waals surface area contributed by atoms with Gasteiger partial charge in [0.05, 0.1) is 13.2 Å². The molecule has 0 aliphatic carbocycles. The monoisotopic (exact) mass is 316 g/mol. The van der Waals surface area contributed by atoms with Crippen LogP contribution in [0.25, 0.3) is 0 Å². The Kier molecular flexibility index (Phi) is 13.3. The van der Waals surface area contributed by atoms with Crippen molar-refractivity contribution >= 4 is 18.4 Å². The minimum Gasteiger partial charge on any atom is -0.481 e. The number of unbranched alkanes of at least 4 members (excludes halogenated alkanes) is 4. The lowest BCUT2D eigenvalue weighted by atomic mass is 10.0. The van der Waals surface area contributed by atoms with E-state index in [4.69, 9.17) is 14.6 Å². The van der Waals surface area contributed by atoms with Crippen LogP contribution in [0, 0.1) is 5.92 Å². The van der Waals surface area contributed by atoms with E-state index in [-0.39, 0.29) is 31.5 Å². The summed E-state index contributed by atoms with van der Waals surface area (Å²) < 4.78 is 9.87. The minimum atomic E-state index is -0.862. The van der Waals surface area contributed by atoms with E-state index in [2.05, 4.69) is 6.92 Å². The van der Waals surface area contributed by atoms with Crippen molar-refractivity contribution in [2.45, 2.75) is 64.7 Å². The van der Waals surface area contributed by atoms with Gasteiger partial charge in [-0.1, -0.05) is 32.6 Å². The number of hydrogen-bond donors (Lipinski definition) is 1. The van der Waals surface area contributed by atoms with Crippen molar-refractivity contribution in [1.29, 1.82) is 0 Å². The van der Waals surface area contributed by atoms with Crippen molar-refractivity contribution in [2.75, 3.05) is 13.2 Å². The van der Waals surface area contributed by atoms with E-state index < -0.39 is 5.97 Å². The molecule has 0 aromatic heterocycles. The molecular weight excluding hydrogens is 288 g/mol. The molecule has 0 aromatic rings. The normalized spacial score (nSPS) is 11.7. The highest BCUT2D eigenvalue weighted by Crippen LogP contribution is 2.11. The van der Waals surface area contributed by atoms with Crippen LogP contribution in [0.3, 0.4) is 0 Å². The second-order valence-electron chi connectivity index (χ2n) is 5.43. The Hall–Kier alpha value is -1.59. The van der Waals surface area contributed by atoms with E-state index in [1.165, 1.54) is 12.8 Å². The first-order valence-electron chi connectivity index (χ1n) is 8.02. The summed E-state index contributed by atoms with van der Waals surface area (Å²) in [6, 6.07) is 0. The smallest absolute Gasteiger partial charge is 0.305 e. The van der Waals surface area contributed by atoms with Gasteiger partial charge in [-0.05, 0) is 19.3 Å². The van der Waals surface area contributed by atoms with Gasteiger partial charge >= 0.3 is 11.9 Å². The summed E-state index contributed by atoms with van der Waals surface area (Å²) in [4.78, 5) is 32.3. The Morgan fingerprint density at radius 3 is 2.41 bits per heavy atom. The molecule has 0 spiro atoms. The van der Waals surface area contributed by atoms with Crippen LogP contribution in [0.2, 0.25) is 0 Å². The van der Waals surface area contributed by atoms with Gasteiger partial charge in [-0.2, -0.15) is 0 Å². The largest absolute Gasteiger partial charge is 0.481 e. The number of carbonyl (C=O) groups excluding carboxylic acids is 2. The standard InChI is InChI=1S/C16H28O6/c1-2-3-4-5-6-10-16(20)22-12-14(11-21-13-17)8-7-9-15(18)19/h13-14H,2-12H2,1H3,(H,18,19). The summed E-state index contributed by atoms with van der Waals surface area (Å²) >= 11 is 0. The summed E-state index contributed by atoms with van der Waals surface area (Å²) in [5.74, 6) is -1.25. The maximum Gasteiger partial charge on any atom is 0.305 e. The molecule has 0 saturated carbocycles. The van der Waals surface area contributed by atoms with Gasteiger partial charge in [0.25, 0.3) is 6.47 Å². The van der Waals surface area contributed by atoms with Gasteiger partial charge in [-0.3, -0.25) is 14.4 Å². The van der Waals surface area contributed by atoms with Crippen LogP contribution in [0.5, 0.6) is 0 Å². The molecule has 22 heavy (non-hydrogen) atoms. The van der Waals surface area contributed by atoms with Crippen molar-refractivity contribution in [3.8, 4) is 0 Å². The van der Waals surface area contributed by atoms with Crippen LogP contribution in [-0.4, -0.2) is 36.7 Å². The summed E-state index contributed by atoms with van der Waals surface area (Å²) in [5, 5.41) is 8.61. The van der Waals surface area contributed by atoms with E-state index >= 15 is 0 Å². The van der Waals surface area contributed by atoms with Crippen LogP contribution in [-0.2, 0) is 23.9 Å². The van der Waals surface area contributed by atoms with E-state index in [9.17, 15) is 14.4 Å². The van der Waals surface area contributed by atoms with Gasteiger partial charge in [0.1, 0.15) is 0 Å². The molecule has 0 radical (unpaired) electrons. The number of hydrogen-bond acceptors (Lipinski definition) is 5. The van der Waals surface area contributed by atoms with Crippen molar-refractivity contribution < 1.29 is 29.0 Å².